The summed E-state index contributed by atoms with van der Waals surface area (Å²) in [5, 5.41) is 14.2. The second-order valence-electron chi connectivity index (χ2n) is 9.12. The molecule has 3 rings (SSSR count). The third-order valence-corrected chi connectivity index (χ3v) is 6.74. The maximum atomic E-state index is 12.1. The molecule has 2 unspecified atom stereocenters. The van der Waals surface area contributed by atoms with Crippen molar-refractivity contribution in [2.45, 2.75) is 76.9 Å². The fraction of sp³-hybridized carbons (Fsp3) is 0.577. The number of Topliss-reactive ketones (excluding diaryl/α,β-unsaturated/α-hetero) is 1. The molecule has 1 saturated heterocycles. The Morgan fingerprint density at radius 2 is 1.86 bits per heavy atom. The molecule has 5 N–H and O–H groups in total. The van der Waals surface area contributed by atoms with Crippen LogP contribution in [0.1, 0.15) is 69.3 Å². The predicted octanol–water partition coefficient (Wildman–Crippen LogP) is 3.90. The van der Waals surface area contributed by atoms with Gasteiger partial charge in [0.2, 0.25) is 0 Å². The Balaban J connectivity index is 0.000000287. The average molecular weight is 504 g/mol. The molecular formula is C26H42N5O3P. The molecule has 1 aromatic rings. The van der Waals surface area contributed by atoms with Gasteiger partial charge < -0.3 is 21.1 Å². The summed E-state index contributed by atoms with van der Waals surface area (Å²) in [6.45, 7) is 9.02. The maximum absolute atomic E-state index is 12.1. The first-order valence-corrected chi connectivity index (χ1v) is 13.1. The van der Waals surface area contributed by atoms with Crippen LogP contribution in [-0.4, -0.2) is 53.2 Å². The summed E-state index contributed by atoms with van der Waals surface area (Å²) in [5.74, 6) is -0.104. The topological polar surface area (TPSA) is 122 Å². The van der Waals surface area contributed by atoms with Crippen LogP contribution in [0.5, 0.6) is 0 Å². The quantitative estimate of drug-likeness (QED) is 0.230. The summed E-state index contributed by atoms with van der Waals surface area (Å²) in [4.78, 5) is 23.3. The minimum Gasteiger partial charge on any atom is -0.396 e. The number of rotatable bonds is 9. The van der Waals surface area contributed by atoms with E-state index in [-0.39, 0.29) is 23.7 Å². The SMILES string of the molecule is C=CC(P)=CC(/C=C\CC)C(C)=O.Nc1cn[nH]c1C(=O)NC1CCC(NC2CCOCC2)CC1. The highest BCUT2D eigenvalue weighted by Crippen LogP contribution is 2.21. The molecule has 9 heteroatoms. The number of H-pyrrole nitrogens is 1. The molecule has 2 aliphatic rings. The van der Waals surface area contributed by atoms with Crippen molar-refractivity contribution in [2.24, 2.45) is 5.92 Å². The number of anilines is 1. The third-order valence-electron chi connectivity index (χ3n) is 6.31. The minimum absolute atomic E-state index is 0.106. The fourth-order valence-electron chi connectivity index (χ4n) is 4.20. The van der Waals surface area contributed by atoms with Crippen LogP contribution in [0.2, 0.25) is 0 Å². The maximum Gasteiger partial charge on any atom is 0.271 e. The molecular weight excluding hydrogens is 461 g/mol. The van der Waals surface area contributed by atoms with Gasteiger partial charge in [-0.3, -0.25) is 14.7 Å². The molecule has 1 aliphatic heterocycles. The van der Waals surface area contributed by atoms with E-state index >= 15 is 0 Å². The molecule has 0 aromatic carbocycles. The van der Waals surface area contributed by atoms with Crippen molar-refractivity contribution in [1.82, 2.24) is 20.8 Å². The lowest BCUT2D eigenvalue weighted by atomic mass is 9.90. The van der Waals surface area contributed by atoms with Crippen molar-refractivity contribution in [3.05, 3.63) is 48.1 Å². The molecule has 2 heterocycles. The van der Waals surface area contributed by atoms with E-state index in [0.717, 1.165) is 63.5 Å². The van der Waals surface area contributed by atoms with Gasteiger partial charge in [-0.2, -0.15) is 5.10 Å². The van der Waals surface area contributed by atoms with Gasteiger partial charge in [0.25, 0.3) is 5.91 Å². The Morgan fingerprint density at radius 1 is 1.23 bits per heavy atom. The van der Waals surface area contributed by atoms with Gasteiger partial charge in [0, 0.05) is 31.3 Å². The van der Waals surface area contributed by atoms with Crippen LogP contribution in [0.3, 0.4) is 0 Å². The highest BCUT2D eigenvalue weighted by molar-refractivity contribution is 7.22. The summed E-state index contributed by atoms with van der Waals surface area (Å²) in [7, 11) is 2.55. The average Bonchev–Trinajstić information content (AvgIpc) is 3.29. The molecule has 1 amide bonds. The molecule has 194 valence electrons. The molecule has 8 nitrogen and oxygen atoms in total. The van der Waals surface area contributed by atoms with Crippen molar-refractivity contribution in [3.63, 3.8) is 0 Å². The van der Waals surface area contributed by atoms with Crippen molar-refractivity contribution >= 4 is 26.6 Å². The highest BCUT2D eigenvalue weighted by atomic mass is 31.0. The Bertz CT molecular complexity index is 868. The van der Waals surface area contributed by atoms with Crippen LogP contribution in [-0.2, 0) is 9.53 Å². The smallest absolute Gasteiger partial charge is 0.271 e. The summed E-state index contributed by atoms with van der Waals surface area (Å²) in [6.07, 6.45) is 16.4. The van der Waals surface area contributed by atoms with E-state index in [1.165, 1.54) is 6.20 Å². The Hall–Kier alpha value is -2.28. The van der Waals surface area contributed by atoms with Gasteiger partial charge in [-0.1, -0.05) is 37.8 Å². The molecule has 1 aliphatic carbocycles. The molecule has 0 spiro atoms. The molecule has 0 bridgehead atoms. The third kappa shape index (κ3) is 10.5. The summed E-state index contributed by atoms with van der Waals surface area (Å²) >= 11 is 0. The van der Waals surface area contributed by atoms with Gasteiger partial charge in [0.05, 0.1) is 17.8 Å². The fourth-order valence-corrected chi connectivity index (χ4v) is 4.41. The number of ketones is 1. The van der Waals surface area contributed by atoms with Crippen LogP contribution in [0.4, 0.5) is 5.69 Å². The number of nitrogen functional groups attached to an aromatic ring is 1. The van der Waals surface area contributed by atoms with E-state index in [1.54, 1.807) is 13.0 Å². The number of hydrogen-bond donors (Lipinski definition) is 4. The number of carbonyl (C=O) groups is 2. The van der Waals surface area contributed by atoms with Crippen LogP contribution < -0.4 is 16.4 Å². The van der Waals surface area contributed by atoms with Gasteiger partial charge >= 0.3 is 0 Å². The molecule has 2 atom stereocenters. The van der Waals surface area contributed by atoms with Crippen molar-refractivity contribution in [3.8, 4) is 0 Å². The van der Waals surface area contributed by atoms with Gasteiger partial charge in [0.15, 0.2) is 0 Å². The van der Waals surface area contributed by atoms with E-state index in [0.29, 0.717) is 23.5 Å². The normalized spacial score (nSPS) is 22.2. The van der Waals surface area contributed by atoms with Gasteiger partial charge in [0.1, 0.15) is 11.5 Å². The second-order valence-corrected chi connectivity index (χ2v) is 9.79. The lowest BCUT2D eigenvalue weighted by Crippen LogP contribution is -2.46. The number of hydrogen-bond acceptors (Lipinski definition) is 6. The molecule has 0 radical (unpaired) electrons. The van der Waals surface area contributed by atoms with E-state index in [9.17, 15) is 9.59 Å². The van der Waals surface area contributed by atoms with Gasteiger partial charge in [-0.05, 0) is 57.2 Å². The number of allylic oxidation sites excluding steroid dienone is 5. The van der Waals surface area contributed by atoms with E-state index in [1.807, 2.05) is 25.2 Å². The lowest BCUT2D eigenvalue weighted by molar-refractivity contribution is -0.118. The number of nitrogens with two attached hydrogens (primary N) is 1. The number of nitrogens with zero attached hydrogens (tertiary/aromatic N) is 1. The Morgan fingerprint density at radius 3 is 2.40 bits per heavy atom. The highest BCUT2D eigenvalue weighted by Gasteiger charge is 2.26. The van der Waals surface area contributed by atoms with Crippen LogP contribution in [0, 0.1) is 5.92 Å². The standard InChI is InChI=1S/C15H25N5O2.C11H17OP/c16-13-9-17-20-14(13)15(21)19-11-3-1-10(2-4-11)18-12-5-7-22-8-6-12;1-4-6-7-10(9(3)12)8-11(13)5-2/h9-12,18H,1-8,16H2,(H,17,20)(H,19,21);5-8,10H,2,4,13H2,1,3H3/b;7-6-,11-8?. The molecule has 35 heavy (non-hydrogen) atoms. The predicted molar refractivity (Wildman–Crippen MR) is 145 cm³/mol. The van der Waals surface area contributed by atoms with E-state index in [4.69, 9.17) is 10.5 Å². The molecule has 1 saturated carbocycles. The van der Waals surface area contributed by atoms with Gasteiger partial charge in [-0.15, -0.1) is 9.24 Å². The number of aromatic amines is 1. The summed E-state index contributed by atoms with van der Waals surface area (Å²) in [5.41, 5.74) is 6.46. The van der Waals surface area contributed by atoms with Crippen molar-refractivity contribution in [2.75, 3.05) is 18.9 Å². The van der Waals surface area contributed by atoms with E-state index < -0.39 is 0 Å². The summed E-state index contributed by atoms with van der Waals surface area (Å²) in [6, 6.07) is 1.38. The Labute approximate surface area is 211 Å². The summed E-state index contributed by atoms with van der Waals surface area (Å²) < 4.78 is 5.39. The zero-order valence-electron chi connectivity index (χ0n) is 21.1. The number of aromatic nitrogens is 2. The second kappa shape index (κ2) is 15.7. The zero-order valence-corrected chi connectivity index (χ0v) is 22.2. The van der Waals surface area contributed by atoms with Crippen molar-refractivity contribution < 1.29 is 14.3 Å². The van der Waals surface area contributed by atoms with Crippen LogP contribution in [0.15, 0.2) is 42.4 Å². The van der Waals surface area contributed by atoms with E-state index in [2.05, 4.69) is 36.6 Å². The monoisotopic (exact) mass is 503 g/mol. The van der Waals surface area contributed by atoms with Crippen molar-refractivity contribution in [1.29, 1.82) is 0 Å². The van der Waals surface area contributed by atoms with Crippen LogP contribution >= 0.6 is 9.24 Å². The lowest BCUT2D eigenvalue weighted by Gasteiger charge is -2.33. The number of carbonyl (C=O) groups excluding carboxylic acids is 2. The first kappa shape index (κ1) is 29.0. The Kier molecular flexibility index (Phi) is 13.0. The zero-order chi connectivity index (χ0) is 25.6. The van der Waals surface area contributed by atoms with Crippen LogP contribution in [0.25, 0.3) is 0 Å². The first-order valence-electron chi connectivity index (χ1n) is 12.5. The first-order chi connectivity index (χ1) is 16.8. The number of amides is 1. The number of ether oxygens (including phenoxy) is 1. The minimum atomic E-state index is -0.157. The molecule has 2 fully saturated rings. The molecule has 1 aromatic heterocycles. The largest absolute Gasteiger partial charge is 0.396 e. The number of nitrogens with one attached hydrogen (secondary N) is 3. The van der Waals surface area contributed by atoms with Gasteiger partial charge in [-0.25, -0.2) is 0 Å².